The molecule has 1 aromatic carbocycles. The van der Waals surface area contributed by atoms with Crippen LogP contribution in [-0.2, 0) is 10.3 Å². The molecule has 0 bridgehead atoms. The maximum Gasteiger partial charge on any atom is 0.246 e. The van der Waals surface area contributed by atoms with Gasteiger partial charge in [0.25, 0.3) is 0 Å². The standard InChI is InChI=1S/C16H24N2O.ClH/c1-3-11-18(12-13-9-10-13)15(19)16(2,17)14-7-5-4-6-8-14;/h4-8,13H,3,9-12,17H2,1-2H3;1H. The predicted octanol–water partition coefficient (Wildman–Crippen LogP) is 2.93. The van der Waals surface area contributed by atoms with E-state index in [4.69, 9.17) is 5.73 Å². The molecular weight excluding hydrogens is 272 g/mol. The van der Waals surface area contributed by atoms with Gasteiger partial charge >= 0.3 is 0 Å². The fraction of sp³-hybridized carbons (Fsp3) is 0.562. The van der Waals surface area contributed by atoms with Crippen LogP contribution in [0.15, 0.2) is 30.3 Å². The first-order valence-electron chi connectivity index (χ1n) is 7.19. The van der Waals surface area contributed by atoms with Gasteiger partial charge < -0.3 is 10.6 Å². The van der Waals surface area contributed by atoms with Crippen LogP contribution in [0.25, 0.3) is 0 Å². The van der Waals surface area contributed by atoms with Crippen LogP contribution in [-0.4, -0.2) is 23.9 Å². The van der Waals surface area contributed by atoms with Gasteiger partial charge in [-0.25, -0.2) is 0 Å². The molecule has 1 amide bonds. The Kier molecular flexibility index (Phi) is 6.03. The summed E-state index contributed by atoms with van der Waals surface area (Å²) in [6.07, 6.45) is 3.48. The molecule has 1 unspecified atom stereocenters. The van der Waals surface area contributed by atoms with Crippen LogP contribution in [0.2, 0.25) is 0 Å². The summed E-state index contributed by atoms with van der Waals surface area (Å²) in [5.41, 5.74) is 6.28. The van der Waals surface area contributed by atoms with E-state index in [1.807, 2.05) is 42.2 Å². The SMILES string of the molecule is CCCN(CC1CC1)C(=O)C(C)(N)c1ccccc1.Cl. The van der Waals surface area contributed by atoms with Crippen molar-refractivity contribution in [1.82, 2.24) is 4.90 Å². The fourth-order valence-corrected chi connectivity index (χ4v) is 2.39. The second-order valence-corrected chi connectivity index (χ2v) is 5.76. The highest BCUT2D eigenvalue weighted by Crippen LogP contribution is 2.31. The molecule has 0 saturated heterocycles. The Morgan fingerprint density at radius 2 is 1.95 bits per heavy atom. The highest BCUT2D eigenvalue weighted by molar-refractivity contribution is 5.87. The minimum atomic E-state index is -0.925. The zero-order valence-corrected chi connectivity index (χ0v) is 13.2. The smallest absolute Gasteiger partial charge is 0.246 e. The molecule has 0 heterocycles. The molecule has 2 N–H and O–H groups in total. The van der Waals surface area contributed by atoms with Gasteiger partial charge in [0.1, 0.15) is 5.54 Å². The van der Waals surface area contributed by atoms with Crippen LogP contribution in [0, 0.1) is 5.92 Å². The molecule has 1 aromatic rings. The van der Waals surface area contributed by atoms with Crippen molar-refractivity contribution < 1.29 is 4.79 Å². The normalized spacial score (nSPS) is 16.9. The number of benzene rings is 1. The quantitative estimate of drug-likeness (QED) is 0.877. The molecule has 2 rings (SSSR count). The lowest BCUT2D eigenvalue weighted by Gasteiger charge is -2.32. The molecular formula is C16H25ClN2O. The van der Waals surface area contributed by atoms with Crippen LogP contribution >= 0.6 is 12.4 Å². The van der Waals surface area contributed by atoms with E-state index < -0.39 is 5.54 Å². The minimum absolute atomic E-state index is 0. The van der Waals surface area contributed by atoms with Crippen molar-refractivity contribution in [1.29, 1.82) is 0 Å². The van der Waals surface area contributed by atoms with Gasteiger partial charge in [-0.2, -0.15) is 0 Å². The first-order valence-corrected chi connectivity index (χ1v) is 7.19. The van der Waals surface area contributed by atoms with E-state index in [1.165, 1.54) is 12.8 Å². The summed E-state index contributed by atoms with van der Waals surface area (Å²) in [5.74, 6) is 0.745. The Balaban J connectivity index is 0.00000200. The summed E-state index contributed by atoms with van der Waals surface area (Å²) in [6.45, 7) is 5.59. The van der Waals surface area contributed by atoms with E-state index in [-0.39, 0.29) is 18.3 Å². The number of halogens is 1. The summed E-state index contributed by atoms with van der Waals surface area (Å²) in [6, 6.07) is 9.66. The zero-order valence-electron chi connectivity index (χ0n) is 12.3. The second kappa shape index (κ2) is 7.09. The van der Waals surface area contributed by atoms with Gasteiger partial charge in [-0.3, -0.25) is 4.79 Å². The van der Waals surface area contributed by atoms with E-state index in [2.05, 4.69) is 6.92 Å². The van der Waals surface area contributed by atoms with Crippen molar-refractivity contribution in [3.05, 3.63) is 35.9 Å². The van der Waals surface area contributed by atoms with Crippen LogP contribution in [0.3, 0.4) is 0 Å². The number of amides is 1. The van der Waals surface area contributed by atoms with Crippen molar-refractivity contribution in [2.24, 2.45) is 11.7 Å². The average molecular weight is 297 g/mol. The third kappa shape index (κ3) is 3.97. The van der Waals surface area contributed by atoms with Gasteiger partial charge in [0.2, 0.25) is 5.91 Å². The van der Waals surface area contributed by atoms with Crippen molar-refractivity contribution in [2.45, 2.75) is 38.6 Å². The summed E-state index contributed by atoms with van der Waals surface area (Å²) in [5, 5.41) is 0. The van der Waals surface area contributed by atoms with Gasteiger partial charge in [-0.1, -0.05) is 37.3 Å². The maximum atomic E-state index is 12.7. The van der Waals surface area contributed by atoms with Crippen LogP contribution in [0.4, 0.5) is 0 Å². The molecule has 1 aliphatic rings. The lowest BCUT2D eigenvalue weighted by molar-refractivity contribution is -0.137. The minimum Gasteiger partial charge on any atom is -0.341 e. The Morgan fingerprint density at radius 3 is 2.45 bits per heavy atom. The largest absolute Gasteiger partial charge is 0.341 e. The zero-order chi connectivity index (χ0) is 13.9. The molecule has 3 nitrogen and oxygen atoms in total. The molecule has 1 saturated carbocycles. The highest BCUT2D eigenvalue weighted by Gasteiger charge is 2.36. The maximum absolute atomic E-state index is 12.7. The lowest BCUT2D eigenvalue weighted by Crippen LogP contribution is -2.51. The van der Waals surface area contributed by atoms with Crippen LogP contribution in [0.5, 0.6) is 0 Å². The first kappa shape index (κ1) is 17.0. The predicted molar refractivity (Wildman–Crippen MR) is 84.8 cm³/mol. The number of rotatable bonds is 6. The van der Waals surface area contributed by atoms with Gasteiger partial charge in [-0.05, 0) is 37.7 Å². The number of nitrogens with two attached hydrogens (primary N) is 1. The third-order valence-corrected chi connectivity index (χ3v) is 3.77. The first-order chi connectivity index (χ1) is 9.05. The van der Waals surface area contributed by atoms with E-state index in [0.29, 0.717) is 5.92 Å². The van der Waals surface area contributed by atoms with Crippen molar-refractivity contribution in [3.8, 4) is 0 Å². The van der Waals surface area contributed by atoms with Crippen molar-refractivity contribution >= 4 is 18.3 Å². The number of hydrogen-bond acceptors (Lipinski definition) is 2. The van der Waals surface area contributed by atoms with E-state index in [0.717, 1.165) is 25.1 Å². The molecule has 20 heavy (non-hydrogen) atoms. The molecule has 1 fully saturated rings. The van der Waals surface area contributed by atoms with E-state index >= 15 is 0 Å². The Labute approximate surface area is 127 Å². The average Bonchev–Trinajstić information content (AvgIpc) is 3.22. The van der Waals surface area contributed by atoms with Crippen molar-refractivity contribution in [3.63, 3.8) is 0 Å². The van der Waals surface area contributed by atoms with E-state index in [1.54, 1.807) is 0 Å². The lowest BCUT2D eigenvalue weighted by atomic mass is 9.91. The highest BCUT2D eigenvalue weighted by atomic mass is 35.5. The summed E-state index contributed by atoms with van der Waals surface area (Å²) >= 11 is 0. The van der Waals surface area contributed by atoms with Crippen LogP contribution in [0.1, 0.15) is 38.7 Å². The summed E-state index contributed by atoms with van der Waals surface area (Å²) in [4.78, 5) is 14.7. The monoisotopic (exact) mass is 296 g/mol. The fourth-order valence-electron chi connectivity index (χ4n) is 2.39. The third-order valence-electron chi connectivity index (χ3n) is 3.77. The molecule has 1 aliphatic carbocycles. The van der Waals surface area contributed by atoms with Gasteiger partial charge in [0.15, 0.2) is 0 Å². The number of carbonyl (C=O) groups is 1. The summed E-state index contributed by atoms with van der Waals surface area (Å²) < 4.78 is 0. The molecule has 0 aromatic heterocycles. The molecule has 0 aliphatic heterocycles. The van der Waals surface area contributed by atoms with Crippen LogP contribution < -0.4 is 5.73 Å². The van der Waals surface area contributed by atoms with E-state index in [9.17, 15) is 4.79 Å². The number of nitrogens with zero attached hydrogens (tertiary/aromatic N) is 1. The molecule has 4 heteroatoms. The van der Waals surface area contributed by atoms with Gasteiger partial charge in [0, 0.05) is 13.1 Å². The summed E-state index contributed by atoms with van der Waals surface area (Å²) in [7, 11) is 0. The number of carbonyl (C=O) groups excluding carboxylic acids is 1. The van der Waals surface area contributed by atoms with Crippen molar-refractivity contribution in [2.75, 3.05) is 13.1 Å². The van der Waals surface area contributed by atoms with Gasteiger partial charge in [0.05, 0.1) is 0 Å². The number of hydrogen-bond donors (Lipinski definition) is 1. The molecule has 1 atom stereocenters. The van der Waals surface area contributed by atoms with Gasteiger partial charge in [-0.15, -0.1) is 12.4 Å². The molecule has 0 radical (unpaired) electrons. The topological polar surface area (TPSA) is 46.3 Å². The molecule has 112 valence electrons. The Bertz CT molecular complexity index is 429. The Hall–Kier alpha value is -1.06. The second-order valence-electron chi connectivity index (χ2n) is 5.76. The molecule has 0 spiro atoms. The Morgan fingerprint density at radius 1 is 1.35 bits per heavy atom.